The van der Waals surface area contributed by atoms with Crippen LogP contribution < -0.4 is 0 Å². The van der Waals surface area contributed by atoms with E-state index in [1.54, 1.807) is 0 Å². The summed E-state index contributed by atoms with van der Waals surface area (Å²) in [5, 5.41) is 9.69. The highest BCUT2D eigenvalue weighted by Crippen LogP contribution is 2.40. The molecule has 4 rings (SSSR count). The number of amides is 1. The number of fused-ring (bicyclic) bond motifs is 2. The average molecular weight is 496 g/mol. The lowest BCUT2D eigenvalue weighted by atomic mass is 9.79. The second kappa shape index (κ2) is 13.6. The van der Waals surface area contributed by atoms with Gasteiger partial charge in [-0.25, -0.2) is 0 Å². The fourth-order valence-corrected chi connectivity index (χ4v) is 5.61. The van der Waals surface area contributed by atoms with Crippen LogP contribution in [0.2, 0.25) is 0 Å². The van der Waals surface area contributed by atoms with Gasteiger partial charge in [-0.15, -0.1) is 0 Å². The van der Waals surface area contributed by atoms with Crippen molar-refractivity contribution in [2.45, 2.75) is 84.6 Å². The maximum atomic E-state index is 12.9. The molecule has 0 radical (unpaired) electrons. The van der Waals surface area contributed by atoms with Crippen LogP contribution >= 0.6 is 0 Å². The normalized spacial score (nSPS) is 18.7. The lowest BCUT2D eigenvalue weighted by Crippen LogP contribution is -2.47. The molecule has 2 aromatic rings. The van der Waals surface area contributed by atoms with E-state index in [0.29, 0.717) is 12.5 Å². The number of aromatic amines is 1. The molecule has 198 valence electrons. The Hall–Kier alpha value is -2.60. The Morgan fingerprint density at radius 2 is 1.75 bits per heavy atom. The predicted molar refractivity (Wildman–Crippen MR) is 148 cm³/mol. The van der Waals surface area contributed by atoms with Gasteiger partial charge < -0.3 is 15.0 Å². The van der Waals surface area contributed by atoms with Crippen LogP contribution in [0.1, 0.15) is 83.3 Å². The van der Waals surface area contributed by atoms with Crippen molar-refractivity contribution < 1.29 is 14.7 Å². The molecule has 6 heteroatoms. The zero-order chi connectivity index (χ0) is 26.1. The van der Waals surface area contributed by atoms with E-state index in [2.05, 4.69) is 68.2 Å². The summed E-state index contributed by atoms with van der Waals surface area (Å²) >= 11 is 0. The fourth-order valence-electron chi connectivity index (χ4n) is 5.61. The third-order valence-electron chi connectivity index (χ3n) is 7.65. The van der Waals surface area contributed by atoms with Gasteiger partial charge in [-0.05, 0) is 56.5 Å². The van der Waals surface area contributed by atoms with Crippen LogP contribution in [-0.4, -0.2) is 64.5 Å². The predicted octanol–water partition coefficient (Wildman–Crippen LogP) is 6.12. The minimum atomic E-state index is -0.663. The Morgan fingerprint density at radius 1 is 1.06 bits per heavy atom. The minimum absolute atomic E-state index is 0.0445. The van der Waals surface area contributed by atoms with Crippen molar-refractivity contribution in [2.75, 3.05) is 26.7 Å². The van der Waals surface area contributed by atoms with Crippen LogP contribution in [-0.2, 0) is 16.0 Å². The highest BCUT2D eigenvalue weighted by molar-refractivity contribution is 5.99. The first-order chi connectivity index (χ1) is 17.4. The topological polar surface area (TPSA) is 76.6 Å². The maximum absolute atomic E-state index is 12.9. The van der Waals surface area contributed by atoms with E-state index in [0.717, 1.165) is 38.9 Å². The van der Waals surface area contributed by atoms with Crippen molar-refractivity contribution >= 4 is 28.4 Å². The molecule has 2 atom stereocenters. The number of carbonyl (C=O) groups is 2. The molecule has 2 heterocycles. The zero-order valence-corrected chi connectivity index (χ0v) is 22.7. The van der Waals surface area contributed by atoms with Crippen LogP contribution in [0.4, 0.5) is 0 Å². The van der Waals surface area contributed by atoms with Crippen molar-refractivity contribution in [3.63, 3.8) is 0 Å². The number of benzene rings is 1. The highest BCUT2D eigenvalue weighted by Gasteiger charge is 2.36. The Labute approximate surface area is 216 Å². The zero-order valence-electron chi connectivity index (χ0n) is 22.7. The summed E-state index contributed by atoms with van der Waals surface area (Å²) in [6, 6.07) is 6.82. The number of carbonyl (C=O) groups excluding carboxylic acids is 1. The van der Waals surface area contributed by atoms with Crippen molar-refractivity contribution in [1.29, 1.82) is 0 Å². The van der Waals surface area contributed by atoms with Gasteiger partial charge in [0.15, 0.2) is 0 Å². The number of unbranched alkanes of at least 4 members (excludes halogenated alkanes) is 6. The first kappa shape index (κ1) is 28.0. The monoisotopic (exact) mass is 495 g/mol. The van der Waals surface area contributed by atoms with Crippen LogP contribution in [0.5, 0.6) is 0 Å². The van der Waals surface area contributed by atoms with Gasteiger partial charge in [-0.1, -0.05) is 63.7 Å². The Bertz CT molecular complexity index is 1040. The summed E-state index contributed by atoms with van der Waals surface area (Å²) in [6.45, 7) is 8.66. The van der Waals surface area contributed by atoms with E-state index in [1.807, 2.05) is 4.90 Å². The minimum Gasteiger partial charge on any atom is -0.481 e. The Kier molecular flexibility index (Phi) is 10.6. The maximum Gasteiger partial charge on any atom is 0.303 e. The summed E-state index contributed by atoms with van der Waals surface area (Å²) < 4.78 is 0. The third-order valence-corrected chi connectivity index (χ3v) is 7.65. The van der Waals surface area contributed by atoms with Crippen LogP contribution in [0.3, 0.4) is 0 Å². The average Bonchev–Trinajstić information content (AvgIpc) is 3.29. The highest BCUT2D eigenvalue weighted by atomic mass is 16.4. The summed E-state index contributed by atoms with van der Waals surface area (Å²) in [4.78, 5) is 30.7. The van der Waals surface area contributed by atoms with Gasteiger partial charge in [0.2, 0.25) is 5.91 Å². The van der Waals surface area contributed by atoms with Crippen molar-refractivity contribution in [2.24, 2.45) is 5.92 Å². The van der Waals surface area contributed by atoms with Gasteiger partial charge in [0.1, 0.15) is 0 Å². The summed E-state index contributed by atoms with van der Waals surface area (Å²) in [5.74, 6) is -0.453. The van der Waals surface area contributed by atoms with E-state index in [9.17, 15) is 9.59 Å². The van der Waals surface area contributed by atoms with Crippen molar-refractivity contribution in [1.82, 2.24) is 14.8 Å². The molecule has 0 saturated heterocycles. The third kappa shape index (κ3) is 6.78. The number of carboxylic acids is 1. The van der Waals surface area contributed by atoms with E-state index in [4.69, 9.17) is 5.11 Å². The van der Waals surface area contributed by atoms with Crippen LogP contribution in [0, 0.1) is 5.92 Å². The summed E-state index contributed by atoms with van der Waals surface area (Å²) in [5.41, 5.74) is 5.21. The SMILES string of the molecule is CCCCCCCCCC(=O)O.CCN(CC)C(=O)[C@@H]1C=C2c3cccc4[nH]cc(c34)C[C@H]2N(C)C1. The molecule has 0 saturated carbocycles. The number of rotatable bonds is 11. The molecule has 0 unspecified atom stereocenters. The van der Waals surface area contributed by atoms with E-state index < -0.39 is 5.97 Å². The second-order valence-corrected chi connectivity index (χ2v) is 10.2. The van der Waals surface area contributed by atoms with Crippen molar-refractivity contribution in [3.8, 4) is 0 Å². The molecule has 0 fully saturated rings. The van der Waals surface area contributed by atoms with Gasteiger partial charge in [-0.3, -0.25) is 14.5 Å². The molecule has 1 amide bonds. The standard InChI is InChI=1S/C20H25N3O.C10H20O2/c1-4-23(5-2)20(24)14-9-16-15-7-6-8-17-19(15)13(11-21-17)10-18(16)22(3)12-14;1-2-3-4-5-6-7-8-9-10(11)12/h6-9,11,14,18,21H,4-5,10,12H2,1-3H3;2-9H2,1H3,(H,11,12)/t14-,18-;/m1./s1. The molecule has 1 aliphatic heterocycles. The number of H-pyrrole nitrogens is 1. The molecule has 1 aromatic heterocycles. The summed E-state index contributed by atoms with van der Waals surface area (Å²) in [6.07, 6.45) is 14.1. The van der Waals surface area contributed by atoms with Gasteiger partial charge in [0.25, 0.3) is 0 Å². The molecule has 0 spiro atoms. The number of carboxylic acid groups (broad SMARTS) is 1. The molecule has 2 aliphatic rings. The smallest absolute Gasteiger partial charge is 0.303 e. The Morgan fingerprint density at radius 3 is 2.42 bits per heavy atom. The van der Waals surface area contributed by atoms with E-state index in [-0.39, 0.29) is 11.8 Å². The largest absolute Gasteiger partial charge is 0.481 e. The quantitative estimate of drug-likeness (QED) is 0.368. The number of aromatic nitrogens is 1. The number of nitrogens with one attached hydrogen (secondary N) is 1. The van der Waals surface area contributed by atoms with Gasteiger partial charge >= 0.3 is 5.97 Å². The molecule has 2 N–H and O–H groups in total. The summed E-state index contributed by atoms with van der Waals surface area (Å²) in [7, 11) is 2.15. The number of likely N-dealkylation sites (N-methyl/N-ethyl adjacent to an activating group) is 1. The van der Waals surface area contributed by atoms with E-state index in [1.165, 1.54) is 59.7 Å². The molecule has 1 aromatic carbocycles. The fraction of sp³-hybridized carbons (Fsp3) is 0.600. The van der Waals surface area contributed by atoms with Gasteiger partial charge in [0, 0.05) is 49.2 Å². The van der Waals surface area contributed by atoms with Gasteiger partial charge in [0.05, 0.1) is 5.92 Å². The second-order valence-electron chi connectivity index (χ2n) is 10.2. The molecule has 36 heavy (non-hydrogen) atoms. The van der Waals surface area contributed by atoms with Crippen molar-refractivity contribution in [3.05, 3.63) is 41.6 Å². The lowest BCUT2D eigenvalue weighted by Gasteiger charge is -2.40. The molecule has 1 aliphatic carbocycles. The number of nitrogens with zero attached hydrogens (tertiary/aromatic N) is 2. The molecular formula is C30H45N3O3. The number of hydrogen-bond acceptors (Lipinski definition) is 3. The number of hydrogen-bond donors (Lipinski definition) is 2. The Balaban J connectivity index is 0.000000257. The van der Waals surface area contributed by atoms with Crippen LogP contribution in [0.25, 0.3) is 16.5 Å². The first-order valence-electron chi connectivity index (χ1n) is 13.9. The van der Waals surface area contributed by atoms with Gasteiger partial charge in [-0.2, -0.15) is 0 Å². The molecule has 0 bridgehead atoms. The van der Waals surface area contributed by atoms with Crippen LogP contribution in [0.15, 0.2) is 30.5 Å². The molecule has 6 nitrogen and oxygen atoms in total. The molecular weight excluding hydrogens is 450 g/mol. The first-order valence-corrected chi connectivity index (χ1v) is 13.9. The van der Waals surface area contributed by atoms with E-state index >= 15 is 0 Å². The number of aliphatic carboxylic acids is 1. The lowest BCUT2D eigenvalue weighted by molar-refractivity contribution is -0.137.